The molecule has 0 saturated carbocycles. The van der Waals surface area contributed by atoms with E-state index in [1.165, 1.54) is 0 Å². The first kappa shape index (κ1) is 15.2. The minimum Gasteiger partial charge on any atom is -0.379 e. The van der Waals surface area contributed by atoms with Gasteiger partial charge in [0.25, 0.3) is 0 Å². The molecule has 1 aromatic carbocycles. The van der Waals surface area contributed by atoms with Crippen molar-refractivity contribution in [3.8, 4) is 0 Å². The minimum absolute atomic E-state index is 0.336. The van der Waals surface area contributed by atoms with E-state index in [1.54, 1.807) is 0 Å². The van der Waals surface area contributed by atoms with E-state index >= 15 is 0 Å². The van der Waals surface area contributed by atoms with Crippen molar-refractivity contribution < 1.29 is 9.47 Å². The zero-order valence-electron chi connectivity index (χ0n) is 10.2. The van der Waals surface area contributed by atoms with Crippen molar-refractivity contribution in [1.82, 2.24) is 0 Å². The maximum absolute atomic E-state index is 5.95. The molecular formula is C13H18Br2O2. The van der Waals surface area contributed by atoms with Gasteiger partial charge < -0.3 is 9.47 Å². The molecule has 2 nitrogen and oxygen atoms in total. The number of ether oxygens (including phenoxy) is 2. The molecule has 0 aromatic heterocycles. The third-order valence-electron chi connectivity index (χ3n) is 2.55. The molecule has 0 N–H and O–H groups in total. The van der Waals surface area contributed by atoms with Crippen LogP contribution in [-0.2, 0) is 15.1 Å². The summed E-state index contributed by atoms with van der Waals surface area (Å²) in [5, 5.41) is 0.745. The van der Waals surface area contributed by atoms with Crippen LogP contribution in [0.15, 0.2) is 28.7 Å². The van der Waals surface area contributed by atoms with Gasteiger partial charge in [-0.2, -0.15) is 0 Å². The van der Waals surface area contributed by atoms with Gasteiger partial charge in [-0.05, 0) is 25.5 Å². The van der Waals surface area contributed by atoms with Crippen LogP contribution in [0.3, 0.4) is 0 Å². The van der Waals surface area contributed by atoms with E-state index in [0.717, 1.165) is 22.0 Å². The Morgan fingerprint density at radius 3 is 2.53 bits per heavy atom. The van der Waals surface area contributed by atoms with Crippen LogP contribution in [0.1, 0.15) is 19.4 Å². The molecule has 0 spiro atoms. The second-order valence-corrected chi connectivity index (χ2v) is 5.30. The molecule has 4 heteroatoms. The Bertz CT molecular complexity index is 344. The standard InChI is InChI=1S/C13H18Br2O2/c1-3-16-8-9-17-13(2,10-14)11-6-4-5-7-12(11)15/h4-7H,3,8-10H2,1-2H3. The Kier molecular flexibility index (Phi) is 6.70. The molecule has 0 radical (unpaired) electrons. The van der Waals surface area contributed by atoms with Crippen LogP contribution in [0.4, 0.5) is 0 Å². The molecule has 0 aliphatic rings. The van der Waals surface area contributed by atoms with Crippen molar-refractivity contribution in [3.05, 3.63) is 34.3 Å². The highest BCUT2D eigenvalue weighted by atomic mass is 79.9. The quantitative estimate of drug-likeness (QED) is 0.534. The number of alkyl halides is 1. The lowest BCUT2D eigenvalue weighted by Gasteiger charge is -2.29. The summed E-state index contributed by atoms with van der Waals surface area (Å²) in [5.74, 6) is 0. The van der Waals surface area contributed by atoms with Crippen molar-refractivity contribution in [2.75, 3.05) is 25.2 Å². The molecule has 0 saturated heterocycles. The first-order valence-electron chi connectivity index (χ1n) is 5.66. The summed E-state index contributed by atoms with van der Waals surface area (Å²) >= 11 is 7.09. The third-order valence-corrected chi connectivity index (χ3v) is 4.31. The Labute approximate surface area is 120 Å². The number of rotatable bonds is 7. The Hall–Kier alpha value is 0.1000. The summed E-state index contributed by atoms with van der Waals surface area (Å²) in [6.07, 6.45) is 0. The van der Waals surface area contributed by atoms with Gasteiger partial charge in [-0.15, -0.1) is 0 Å². The van der Waals surface area contributed by atoms with E-state index in [1.807, 2.05) is 25.1 Å². The van der Waals surface area contributed by atoms with Gasteiger partial charge >= 0.3 is 0 Å². The molecule has 96 valence electrons. The number of hydrogen-bond donors (Lipinski definition) is 0. The average molecular weight is 366 g/mol. The molecule has 0 aliphatic carbocycles. The molecule has 1 rings (SSSR count). The fraction of sp³-hybridized carbons (Fsp3) is 0.538. The maximum Gasteiger partial charge on any atom is 0.101 e. The molecule has 0 bridgehead atoms. The van der Waals surface area contributed by atoms with E-state index in [2.05, 4.69) is 44.8 Å². The molecule has 1 unspecified atom stereocenters. The average Bonchev–Trinajstić information content (AvgIpc) is 2.35. The minimum atomic E-state index is -0.336. The molecule has 17 heavy (non-hydrogen) atoms. The van der Waals surface area contributed by atoms with E-state index in [4.69, 9.17) is 9.47 Å². The van der Waals surface area contributed by atoms with E-state index in [9.17, 15) is 0 Å². The van der Waals surface area contributed by atoms with Gasteiger partial charge in [-0.25, -0.2) is 0 Å². The number of hydrogen-bond acceptors (Lipinski definition) is 2. The highest BCUT2D eigenvalue weighted by Crippen LogP contribution is 2.32. The van der Waals surface area contributed by atoms with Crippen LogP contribution in [-0.4, -0.2) is 25.2 Å². The van der Waals surface area contributed by atoms with E-state index in [0.29, 0.717) is 13.2 Å². The predicted octanol–water partition coefficient (Wildman–Crippen LogP) is 4.11. The van der Waals surface area contributed by atoms with Gasteiger partial charge in [0, 0.05) is 16.4 Å². The second-order valence-electron chi connectivity index (χ2n) is 3.89. The van der Waals surface area contributed by atoms with E-state index in [-0.39, 0.29) is 5.60 Å². The van der Waals surface area contributed by atoms with Crippen molar-refractivity contribution in [2.24, 2.45) is 0 Å². The smallest absolute Gasteiger partial charge is 0.101 e. The van der Waals surface area contributed by atoms with Crippen LogP contribution in [0, 0.1) is 0 Å². The molecule has 0 fully saturated rings. The first-order chi connectivity index (χ1) is 8.14. The van der Waals surface area contributed by atoms with Crippen LogP contribution in [0.25, 0.3) is 0 Å². The normalized spacial score (nSPS) is 14.6. The number of halogens is 2. The summed E-state index contributed by atoms with van der Waals surface area (Å²) in [5.41, 5.74) is 0.811. The lowest BCUT2D eigenvalue weighted by atomic mass is 9.98. The van der Waals surface area contributed by atoms with Gasteiger partial charge in [0.05, 0.1) is 13.2 Å². The molecule has 0 amide bonds. The lowest BCUT2D eigenvalue weighted by Crippen LogP contribution is -2.30. The fourth-order valence-electron chi connectivity index (χ4n) is 1.55. The molecule has 1 aromatic rings. The van der Waals surface area contributed by atoms with Crippen LogP contribution < -0.4 is 0 Å². The lowest BCUT2D eigenvalue weighted by molar-refractivity contribution is -0.0448. The van der Waals surface area contributed by atoms with Gasteiger partial charge in [0.2, 0.25) is 0 Å². The summed E-state index contributed by atoms with van der Waals surface area (Å²) in [6, 6.07) is 8.13. The zero-order chi connectivity index (χ0) is 12.7. The summed E-state index contributed by atoms with van der Waals surface area (Å²) in [4.78, 5) is 0. The van der Waals surface area contributed by atoms with Gasteiger partial charge in [-0.3, -0.25) is 0 Å². The van der Waals surface area contributed by atoms with Crippen LogP contribution in [0.5, 0.6) is 0 Å². The Balaban J connectivity index is 2.71. The van der Waals surface area contributed by atoms with Crippen molar-refractivity contribution in [1.29, 1.82) is 0 Å². The van der Waals surface area contributed by atoms with Gasteiger partial charge in [-0.1, -0.05) is 50.1 Å². The van der Waals surface area contributed by atoms with Gasteiger partial charge in [0.1, 0.15) is 5.60 Å². The Morgan fingerprint density at radius 1 is 1.24 bits per heavy atom. The van der Waals surface area contributed by atoms with Crippen molar-refractivity contribution in [2.45, 2.75) is 19.4 Å². The zero-order valence-corrected chi connectivity index (χ0v) is 13.4. The largest absolute Gasteiger partial charge is 0.379 e. The highest BCUT2D eigenvalue weighted by molar-refractivity contribution is 9.10. The predicted molar refractivity (Wildman–Crippen MR) is 77.7 cm³/mol. The molecule has 0 aliphatic heterocycles. The SMILES string of the molecule is CCOCCOC(C)(CBr)c1ccccc1Br. The maximum atomic E-state index is 5.95. The summed E-state index contributed by atoms with van der Waals surface area (Å²) in [6.45, 7) is 6.01. The fourth-order valence-corrected chi connectivity index (χ4v) is 2.72. The van der Waals surface area contributed by atoms with Crippen LogP contribution >= 0.6 is 31.9 Å². The first-order valence-corrected chi connectivity index (χ1v) is 7.58. The topological polar surface area (TPSA) is 18.5 Å². The van der Waals surface area contributed by atoms with Crippen molar-refractivity contribution >= 4 is 31.9 Å². The summed E-state index contributed by atoms with van der Waals surface area (Å²) < 4.78 is 12.3. The van der Waals surface area contributed by atoms with Crippen LogP contribution in [0.2, 0.25) is 0 Å². The number of benzene rings is 1. The summed E-state index contributed by atoms with van der Waals surface area (Å²) in [7, 11) is 0. The Morgan fingerprint density at radius 2 is 1.94 bits per heavy atom. The monoisotopic (exact) mass is 364 g/mol. The van der Waals surface area contributed by atoms with Crippen molar-refractivity contribution in [3.63, 3.8) is 0 Å². The molecule has 1 atom stereocenters. The van der Waals surface area contributed by atoms with E-state index < -0.39 is 0 Å². The highest BCUT2D eigenvalue weighted by Gasteiger charge is 2.28. The second kappa shape index (κ2) is 7.52. The third kappa shape index (κ3) is 4.36. The van der Waals surface area contributed by atoms with Gasteiger partial charge in [0.15, 0.2) is 0 Å². The molecule has 0 heterocycles. The molecular weight excluding hydrogens is 348 g/mol.